The first kappa shape index (κ1) is 15.8. The molecule has 0 aliphatic carbocycles. The molecular formula is C12H18N4O4. The molecule has 1 unspecified atom stereocenters. The van der Waals surface area contributed by atoms with E-state index in [0.717, 1.165) is 0 Å². The van der Waals surface area contributed by atoms with Crippen LogP contribution in [0.25, 0.3) is 0 Å². The number of carboxylic acid groups (broad SMARTS) is 1. The third-order valence-corrected chi connectivity index (χ3v) is 2.48. The van der Waals surface area contributed by atoms with E-state index in [1.807, 2.05) is 0 Å². The predicted molar refractivity (Wildman–Crippen MR) is 70.1 cm³/mol. The van der Waals surface area contributed by atoms with Gasteiger partial charge in [-0.2, -0.15) is 0 Å². The summed E-state index contributed by atoms with van der Waals surface area (Å²) < 4.78 is 4.79. The van der Waals surface area contributed by atoms with Crippen molar-refractivity contribution in [2.75, 3.05) is 13.7 Å². The summed E-state index contributed by atoms with van der Waals surface area (Å²) in [4.78, 5) is 30.6. The van der Waals surface area contributed by atoms with Crippen LogP contribution in [0.1, 0.15) is 17.9 Å². The smallest absolute Gasteiger partial charge is 0.326 e. The third-order valence-electron chi connectivity index (χ3n) is 2.48. The Morgan fingerprint density at radius 3 is 2.85 bits per heavy atom. The van der Waals surface area contributed by atoms with Crippen molar-refractivity contribution in [1.29, 1.82) is 0 Å². The summed E-state index contributed by atoms with van der Waals surface area (Å²) in [5.74, 6) is -0.497. The summed E-state index contributed by atoms with van der Waals surface area (Å²) >= 11 is 0. The maximum Gasteiger partial charge on any atom is 0.326 e. The number of hydrogen-bond donors (Lipinski definition) is 3. The van der Waals surface area contributed by atoms with Gasteiger partial charge in [-0.05, 0) is 13.0 Å². The number of nitrogens with zero attached hydrogens (tertiary/aromatic N) is 2. The summed E-state index contributed by atoms with van der Waals surface area (Å²) in [6.07, 6.45) is 1.79. The average Bonchev–Trinajstić information content (AvgIpc) is 2.41. The van der Waals surface area contributed by atoms with Gasteiger partial charge < -0.3 is 20.5 Å². The Bertz CT molecular complexity index is 467. The number of nitrogens with one attached hydrogen (secondary N) is 2. The number of ether oxygens (including phenoxy) is 1. The summed E-state index contributed by atoms with van der Waals surface area (Å²) in [6.45, 7) is 2.20. The lowest BCUT2D eigenvalue weighted by atomic mass is 10.2. The van der Waals surface area contributed by atoms with Crippen molar-refractivity contribution in [3.8, 4) is 0 Å². The highest BCUT2D eigenvalue weighted by Crippen LogP contribution is 1.95. The zero-order valence-electron chi connectivity index (χ0n) is 11.4. The number of carbonyl (C=O) groups is 2. The number of amides is 2. The van der Waals surface area contributed by atoms with Crippen molar-refractivity contribution >= 4 is 12.0 Å². The monoisotopic (exact) mass is 282 g/mol. The highest BCUT2D eigenvalue weighted by atomic mass is 16.5. The fourth-order valence-corrected chi connectivity index (χ4v) is 1.48. The Hall–Kier alpha value is -2.22. The molecule has 0 spiro atoms. The SMILES string of the molecule is COCCC(NC(=O)NCc1ccnc(C)n1)C(=O)O. The molecule has 8 nitrogen and oxygen atoms in total. The average molecular weight is 282 g/mol. The quantitative estimate of drug-likeness (QED) is 0.652. The van der Waals surface area contributed by atoms with Crippen molar-refractivity contribution < 1.29 is 19.4 Å². The molecule has 0 bridgehead atoms. The Morgan fingerprint density at radius 2 is 2.25 bits per heavy atom. The van der Waals surface area contributed by atoms with Crippen molar-refractivity contribution in [3.63, 3.8) is 0 Å². The summed E-state index contributed by atoms with van der Waals surface area (Å²) in [7, 11) is 1.47. The molecule has 0 saturated heterocycles. The van der Waals surface area contributed by atoms with Crippen molar-refractivity contribution in [3.05, 3.63) is 23.8 Å². The van der Waals surface area contributed by atoms with E-state index in [2.05, 4.69) is 20.6 Å². The molecule has 8 heteroatoms. The Kier molecular flexibility index (Phi) is 6.38. The van der Waals surface area contributed by atoms with E-state index in [0.29, 0.717) is 11.5 Å². The molecule has 1 aromatic rings. The number of carboxylic acids is 1. The molecule has 1 rings (SSSR count). The van der Waals surface area contributed by atoms with Gasteiger partial charge in [-0.25, -0.2) is 19.6 Å². The van der Waals surface area contributed by atoms with Crippen LogP contribution in [0.2, 0.25) is 0 Å². The number of methoxy groups -OCH3 is 1. The molecule has 0 aromatic carbocycles. The zero-order chi connectivity index (χ0) is 15.0. The fraction of sp³-hybridized carbons (Fsp3) is 0.500. The van der Waals surface area contributed by atoms with Crippen LogP contribution in [0.4, 0.5) is 4.79 Å². The Balaban J connectivity index is 2.43. The van der Waals surface area contributed by atoms with Gasteiger partial charge in [0.1, 0.15) is 11.9 Å². The van der Waals surface area contributed by atoms with Crippen LogP contribution in [-0.4, -0.2) is 46.8 Å². The van der Waals surface area contributed by atoms with Crippen molar-refractivity contribution in [2.24, 2.45) is 0 Å². The van der Waals surface area contributed by atoms with Crippen LogP contribution < -0.4 is 10.6 Å². The van der Waals surface area contributed by atoms with E-state index >= 15 is 0 Å². The molecule has 1 aromatic heterocycles. The number of carbonyl (C=O) groups excluding carboxylic acids is 1. The van der Waals surface area contributed by atoms with E-state index in [4.69, 9.17) is 9.84 Å². The number of hydrogen-bond acceptors (Lipinski definition) is 5. The maximum atomic E-state index is 11.6. The highest BCUT2D eigenvalue weighted by Gasteiger charge is 2.19. The number of rotatable bonds is 7. The maximum absolute atomic E-state index is 11.6. The molecule has 1 heterocycles. The lowest BCUT2D eigenvalue weighted by Crippen LogP contribution is -2.46. The molecule has 2 amide bonds. The first-order chi connectivity index (χ1) is 9.52. The second-order valence-electron chi connectivity index (χ2n) is 4.09. The summed E-state index contributed by atoms with van der Waals surface area (Å²) in [5, 5.41) is 13.9. The van der Waals surface area contributed by atoms with E-state index in [9.17, 15) is 9.59 Å². The Morgan fingerprint density at radius 1 is 1.50 bits per heavy atom. The number of urea groups is 1. The normalized spacial score (nSPS) is 11.7. The van der Waals surface area contributed by atoms with Crippen LogP contribution >= 0.6 is 0 Å². The summed E-state index contributed by atoms with van der Waals surface area (Å²) in [5.41, 5.74) is 0.649. The van der Waals surface area contributed by atoms with Crippen molar-refractivity contribution in [1.82, 2.24) is 20.6 Å². The minimum Gasteiger partial charge on any atom is -0.480 e. The third kappa shape index (κ3) is 5.61. The highest BCUT2D eigenvalue weighted by molar-refractivity contribution is 5.82. The summed E-state index contributed by atoms with van der Waals surface area (Å²) in [6, 6.07) is 0.124. The molecule has 0 aliphatic heterocycles. The van der Waals surface area contributed by atoms with Crippen LogP contribution in [0.5, 0.6) is 0 Å². The Labute approximate surface area is 116 Å². The molecule has 20 heavy (non-hydrogen) atoms. The fourth-order valence-electron chi connectivity index (χ4n) is 1.48. The number of aryl methyl sites for hydroxylation is 1. The van der Waals surface area contributed by atoms with E-state index in [-0.39, 0.29) is 19.6 Å². The van der Waals surface area contributed by atoms with Crippen molar-refractivity contribution in [2.45, 2.75) is 25.9 Å². The van der Waals surface area contributed by atoms with Gasteiger partial charge in [-0.3, -0.25) is 0 Å². The van der Waals surface area contributed by atoms with E-state index in [1.165, 1.54) is 7.11 Å². The van der Waals surface area contributed by atoms with Crippen LogP contribution in [0, 0.1) is 6.92 Å². The van der Waals surface area contributed by atoms with E-state index in [1.54, 1.807) is 19.2 Å². The van der Waals surface area contributed by atoms with Gasteiger partial charge in [-0.1, -0.05) is 0 Å². The second kappa shape index (κ2) is 8.05. The predicted octanol–water partition coefficient (Wildman–Crippen LogP) is 0.0739. The van der Waals surface area contributed by atoms with Gasteiger partial charge in [0.05, 0.1) is 12.2 Å². The molecule has 3 N–H and O–H groups in total. The van der Waals surface area contributed by atoms with Gasteiger partial charge >= 0.3 is 12.0 Å². The molecule has 1 atom stereocenters. The first-order valence-corrected chi connectivity index (χ1v) is 6.07. The van der Waals surface area contributed by atoms with Gasteiger partial charge in [0.25, 0.3) is 0 Å². The molecular weight excluding hydrogens is 264 g/mol. The number of aliphatic carboxylic acids is 1. The molecule has 0 saturated carbocycles. The largest absolute Gasteiger partial charge is 0.480 e. The van der Waals surface area contributed by atoms with Crippen LogP contribution in [0.15, 0.2) is 12.3 Å². The minimum atomic E-state index is -1.10. The molecule has 110 valence electrons. The molecule has 0 radical (unpaired) electrons. The van der Waals surface area contributed by atoms with E-state index < -0.39 is 18.0 Å². The lowest BCUT2D eigenvalue weighted by molar-refractivity contribution is -0.139. The minimum absolute atomic E-state index is 0.200. The molecule has 0 fully saturated rings. The van der Waals surface area contributed by atoms with Gasteiger partial charge in [0.2, 0.25) is 0 Å². The zero-order valence-corrected chi connectivity index (χ0v) is 11.4. The van der Waals surface area contributed by atoms with Crippen LogP contribution in [-0.2, 0) is 16.1 Å². The second-order valence-corrected chi connectivity index (χ2v) is 4.09. The van der Waals surface area contributed by atoms with Crippen LogP contribution in [0.3, 0.4) is 0 Å². The van der Waals surface area contributed by atoms with Gasteiger partial charge in [0, 0.05) is 26.3 Å². The lowest BCUT2D eigenvalue weighted by Gasteiger charge is -2.14. The van der Waals surface area contributed by atoms with Gasteiger partial charge in [-0.15, -0.1) is 0 Å². The number of aromatic nitrogens is 2. The van der Waals surface area contributed by atoms with Gasteiger partial charge in [0.15, 0.2) is 0 Å². The molecule has 0 aliphatic rings. The standard InChI is InChI=1S/C12H18N4O4/c1-8-13-5-3-9(15-8)7-14-12(19)16-10(11(17)18)4-6-20-2/h3,5,10H,4,6-7H2,1-2H3,(H,17,18)(H2,14,16,19). The topological polar surface area (TPSA) is 113 Å². The first-order valence-electron chi connectivity index (χ1n) is 6.07.